The van der Waals surface area contributed by atoms with E-state index in [9.17, 15) is 0 Å². The number of aryl methyl sites for hydroxylation is 1. The van der Waals surface area contributed by atoms with Gasteiger partial charge in [0, 0.05) is 6.04 Å². The minimum Gasteiger partial charge on any atom is -0.314 e. The average Bonchev–Trinajstić information content (AvgIpc) is 2.25. The molecule has 90 valence electrons. The standard InChI is InChI=1S/C15H25N/c1-11(2)16-10-13(4)14(5)15-9-7-6-8-12(15)3/h6-9,11,13-14,16H,10H2,1-5H3. The van der Waals surface area contributed by atoms with Crippen molar-refractivity contribution < 1.29 is 0 Å². The zero-order valence-corrected chi connectivity index (χ0v) is 11.2. The van der Waals surface area contributed by atoms with Crippen LogP contribution in [-0.2, 0) is 0 Å². The Morgan fingerprint density at radius 1 is 1.06 bits per heavy atom. The van der Waals surface area contributed by atoms with E-state index in [2.05, 4.69) is 64.2 Å². The van der Waals surface area contributed by atoms with E-state index < -0.39 is 0 Å². The van der Waals surface area contributed by atoms with Crippen LogP contribution in [0, 0.1) is 12.8 Å². The van der Waals surface area contributed by atoms with Crippen molar-refractivity contribution in [2.75, 3.05) is 6.54 Å². The molecule has 0 heterocycles. The Bertz CT molecular complexity index is 317. The summed E-state index contributed by atoms with van der Waals surface area (Å²) in [6.07, 6.45) is 0. The van der Waals surface area contributed by atoms with Gasteiger partial charge >= 0.3 is 0 Å². The zero-order valence-electron chi connectivity index (χ0n) is 11.2. The molecule has 0 amide bonds. The summed E-state index contributed by atoms with van der Waals surface area (Å²) in [5.41, 5.74) is 2.90. The molecule has 0 aromatic heterocycles. The quantitative estimate of drug-likeness (QED) is 0.795. The normalized spacial score (nSPS) is 15.1. The van der Waals surface area contributed by atoms with Crippen molar-refractivity contribution in [1.29, 1.82) is 0 Å². The van der Waals surface area contributed by atoms with E-state index in [-0.39, 0.29) is 0 Å². The number of rotatable bonds is 5. The van der Waals surface area contributed by atoms with Gasteiger partial charge in [0.2, 0.25) is 0 Å². The van der Waals surface area contributed by atoms with E-state index in [1.807, 2.05) is 0 Å². The van der Waals surface area contributed by atoms with Gasteiger partial charge in [-0.3, -0.25) is 0 Å². The van der Waals surface area contributed by atoms with Crippen LogP contribution in [0.15, 0.2) is 24.3 Å². The Labute approximate surface area is 100 Å². The highest BCUT2D eigenvalue weighted by Crippen LogP contribution is 2.26. The van der Waals surface area contributed by atoms with Crippen LogP contribution in [0.25, 0.3) is 0 Å². The molecule has 0 spiro atoms. The van der Waals surface area contributed by atoms with Gasteiger partial charge in [0.05, 0.1) is 0 Å². The smallest absolute Gasteiger partial charge is 0.00104 e. The van der Waals surface area contributed by atoms with Gasteiger partial charge in [-0.05, 0) is 36.4 Å². The second-order valence-electron chi connectivity index (χ2n) is 5.19. The molecule has 0 radical (unpaired) electrons. The summed E-state index contributed by atoms with van der Waals surface area (Å²) in [6, 6.07) is 9.29. The van der Waals surface area contributed by atoms with Gasteiger partial charge < -0.3 is 5.32 Å². The van der Waals surface area contributed by atoms with Crippen LogP contribution in [0.1, 0.15) is 44.7 Å². The molecular formula is C15H25N. The lowest BCUT2D eigenvalue weighted by atomic mass is 9.86. The Balaban J connectivity index is 2.63. The molecule has 1 rings (SSSR count). The molecule has 1 aromatic carbocycles. The second kappa shape index (κ2) is 6.05. The topological polar surface area (TPSA) is 12.0 Å². The molecular weight excluding hydrogens is 194 g/mol. The first kappa shape index (κ1) is 13.2. The largest absolute Gasteiger partial charge is 0.314 e. The van der Waals surface area contributed by atoms with Crippen LogP contribution in [0.4, 0.5) is 0 Å². The Morgan fingerprint density at radius 3 is 2.25 bits per heavy atom. The summed E-state index contributed by atoms with van der Waals surface area (Å²) in [6.45, 7) is 12.3. The first-order valence-electron chi connectivity index (χ1n) is 6.31. The van der Waals surface area contributed by atoms with E-state index in [0.29, 0.717) is 17.9 Å². The highest BCUT2D eigenvalue weighted by atomic mass is 14.9. The molecule has 16 heavy (non-hydrogen) atoms. The third kappa shape index (κ3) is 3.64. The summed E-state index contributed by atoms with van der Waals surface area (Å²) >= 11 is 0. The summed E-state index contributed by atoms with van der Waals surface area (Å²) in [5, 5.41) is 3.52. The second-order valence-corrected chi connectivity index (χ2v) is 5.19. The molecule has 0 aliphatic carbocycles. The SMILES string of the molecule is Cc1ccccc1C(C)C(C)CNC(C)C. The number of benzene rings is 1. The van der Waals surface area contributed by atoms with Crippen LogP contribution in [0.5, 0.6) is 0 Å². The first-order valence-corrected chi connectivity index (χ1v) is 6.31. The lowest BCUT2D eigenvalue weighted by Gasteiger charge is -2.23. The van der Waals surface area contributed by atoms with Gasteiger partial charge in [-0.15, -0.1) is 0 Å². The molecule has 0 aliphatic rings. The van der Waals surface area contributed by atoms with E-state index in [4.69, 9.17) is 0 Å². The fourth-order valence-corrected chi connectivity index (χ4v) is 2.00. The maximum atomic E-state index is 3.52. The molecule has 0 bridgehead atoms. The Morgan fingerprint density at radius 2 is 1.69 bits per heavy atom. The molecule has 1 aromatic rings. The Kier molecular flexibility index (Phi) is 5.01. The summed E-state index contributed by atoms with van der Waals surface area (Å²) in [5.74, 6) is 1.29. The van der Waals surface area contributed by atoms with Gasteiger partial charge in [0.1, 0.15) is 0 Å². The highest BCUT2D eigenvalue weighted by Gasteiger charge is 2.15. The van der Waals surface area contributed by atoms with Crippen LogP contribution < -0.4 is 5.32 Å². The first-order chi connectivity index (χ1) is 7.52. The van der Waals surface area contributed by atoms with Crippen molar-refractivity contribution in [3.05, 3.63) is 35.4 Å². The van der Waals surface area contributed by atoms with Crippen molar-refractivity contribution in [3.8, 4) is 0 Å². The predicted molar refractivity (Wildman–Crippen MR) is 71.9 cm³/mol. The van der Waals surface area contributed by atoms with Gasteiger partial charge in [-0.1, -0.05) is 52.0 Å². The third-order valence-corrected chi connectivity index (χ3v) is 3.38. The molecule has 2 unspecified atom stereocenters. The average molecular weight is 219 g/mol. The van der Waals surface area contributed by atoms with Crippen molar-refractivity contribution in [3.63, 3.8) is 0 Å². The minimum atomic E-state index is 0.575. The van der Waals surface area contributed by atoms with Gasteiger partial charge in [0.25, 0.3) is 0 Å². The van der Waals surface area contributed by atoms with Gasteiger partial charge in [-0.25, -0.2) is 0 Å². The van der Waals surface area contributed by atoms with Gasteiger partial charge in [-0.2, -0.15) is 0 Å². The molecule has 0 aliphatic heterocycles. The number of hydrogen-bond donors (Lipinski definition) is 1. The summed E-state index contributed by atoms with van der Waals surface area (Å²) in [7, 11) is 0. The van der Waals surface area contributed by atoms with Crippen molar-refractivity contribution in [2.45, 2.75) is 46.6 Å². The molecule has 0 saturated carbocycles. The number of nitrogens with one attached hydrogen (secondary N) is 1. The fraction of sp³-hybridized carbons (Fsp3) is 0.600. The molecule has 1 nitrogen and oxygen atoms in total. The van der Waals surface area contributed by atoms with E-state index in [1.54, 1.807) is 0 Å². The lowest BCUT2D eigenvalue weighted by molar-refractivity contribution is 0.425. The minimum absolute atomic E-state index is 0.575. The van der Waals surface area contributed by atoms with Crippen LogP contribution in [0.2, 0.25) is 0 Å². The summed E-state index contributed by atoms with van der Waals surface area (Å²) < 4.78 is 0. The molecule has 1 N–H and O–H groups in total. The molecule has 0 fully saturated rings. The Hall–Kier alpha value is -0.820. The van der Waals surface area contributed by atoms with Crippen molar-refractivity contribution in [2.24, 2.45) is 5.92 Å². The van der Waals surface area contributed by atoms with Crippen LogP contribution in [-0.4, -0.2) is 12.6 Å². The zero-order chi connectivity index (χ0) is 12.1. The molecule has 2 atom stereocenters. The maximum absolute atomic E-state index is 3.52. The lowest BCUT2D eigenvalue weighted by Crippen LogP contribution is -2.30. The number of hydrogen-bond acceptors (Lipinski definition) is 1. The third-order valence-electron chi connectivity index (χ3n) is 3.38. The molecule has 0 saturated heterocycles. The van der Waals surface area contributed by atoms with Gasteiger partial charge in [0.15, 0.2) is 0 Å². The van der Waals surface area contributed by atoms with Crippen molar-refractivity contribution in [1.82, 2.24) is 5.32 Å². The molecule has 1 heteroatoms. The monoisotopic (exact) mass is 219 g/mol. The maximum Gasteiger partial charge on any atom is 0.00104 e. The van der Waals surface area contributed by atoms with E-state index in [0.717, 1.165) is 6.54 Å². The predicted octanol–water partition coefficient (Wildman–Crippen LogP) is 3.73. The highest BCUT2D eigenvalue weighted by molar-refractivity contribution is 5.29. The van der Waals surface area contributed by atoms with Crippen molar-refractivity contribution >= 4 is 0 Å². The van der Waals surface area contributed by atoms with Crippen LogP contribution in [0.3, 0.4) is 0 Å². The summed E-state index contributed by atoms with van der Waals surface area (Å²) in [4.78, 5) is 0. The van der Waals surface area contributed by atoms with E-state index >= 15 is 0 Å². The van der Waals surface area contributed by atoms with E-state index in [1.165, 1.54) is 11.1 Å². The fourth-order valence-electron chi connectivity index (χ4n) is 2.00. The van der Waals surface area contributed by atoms with Crippen LogP contribution >= 0.6 is 0 Å².